The highest BCUT2D eigenvalue weighted by Crippen LogP contribution is 2.12. The zero-order valence-corrected chi connectivity index (χ0v) is 12.3. The zero-order chi connectivity index (χ0) is 13.9. The summed E-state index contributed by atoms with van der Waals surface area (Å²) in [5.41, 5.74) is 0. The smallest absolute Gasteiger partial charge is 0.462 e. The van der Waals surface area contributed by atoms with E-state index >= 15 is 0 Å². The van der Waals surface area contributed by atoms with Crippen LogP contribution in [-0.2, 0) is 27.5 Å². The van der Waals surface area contributed by atoms with Crippen molar-refractivity contribution in [3.63, 3.8) is 0 Å². The largest absolute Gasteiger partial charge is 0.502 e. The van der Waals surface area contributed by atoms with Gasteiger partial charge in [-0.05, 0) is 0 Å². The van der Waals surface area contributed by atoms with Crippen LogP contribution in [0.5, 0.6) is 0 Å². The molecular weight excluding hydrogens is 256 g/mol. The van der Waals surface area contributed by atoms with Crippen molar-refractivity contribution in [2.45, 2.75) is 12.5 Å². The highest BCUT2D eigenvalue weighted by Gasteiger charge is 2.37. The summed E-state index contributed by atoms with van der Waals surface area (Å²) in [5, 5.41) is 0. The topological polar surface area (TPSA) is 63.2 Å². The van der Waals surface area contributed by atoms with Gasteiger partial charge in [-0.2, -0.15) is 0 Å². The highest BCUT2D eigenvalue weighted by molar-refractivity contribution is 6.60. The predicted octanol–water partition coefficient (Wildman–Crippen LogP) is 1.00. The van der Waals surface area contributed by atoms with Crippen LogP contribution in [0, 0.1) is 0 Å². The molecule has 0 heterocycles. The van der Waals surface area contributed by atoms with Crippen molar-refractivity contribution in [1.82, 2.24) is 0 Å². The summed E-state index contributed by atoms with van der Waals surface area (Å²) in [4.78, 5) is 10.7. The summed E-state index contributed by atoms with van der Waals surface area (Å²) in [7, 11) is 2.16. The Kier molecular flexibility index (Phi) is 9.80. The van der Waals surface area contributed by atoms with E-state index in [1.54, 1.807) is 21.3 Å². The Labute approximate surface area is 109 Å². The van der Waals surface area contributed by atoms with Crippen molar-refractivity contribution in [3.05, 3.63) is 12.7 Å². The van der Waals surface area contributed by atoms with Gasteiger partial charge >= 0.3 is 14.8 Å². The van der Waals surface area contributed by atoms with E-state index in [-0.39, 0.29) is 0 Å². The van der Waals surface area contributed by atoms with E-state index in [0.717, 1.165) is 6.08 Å². The van der Waals surface area contributed by atoms with Crippen molar-refractivity contribution in [2.75, 3.05) is 41.2 Å². The molecule has 6 nitrogen and oxygen atoms in total. The van der Waals surface area contributed by atoms with Gasteiger partial charge in [0, 0.05) is 46.5 Å². The van der Waals surface area contributed by atoms with Crippen molar-refractivity contribution < 1.29 is 27.5 Å². The Bertz CT molecular complexity index is 233. The Morgan fingerprint density at radius 2 is 1.72 bits per heavy atom. The van der Waals surface area contributed by atoms with E-state index < -0.39 is 14.8 Å². The maximum atomic E-state index is 10.7. The van der Waals surface area contributed by atoms with Crippen LogP contribution in [0.15, 0.2) is 12.7 Å². The first-order valence-electron chi connectivity index (χ1n) is 5.66. The minimum Gasteiger partial charge on any atom is -0.462 e. The van der Waals surface area contributed by atoms with Crippen molar-refractivity contribution >= 4 is 14.8 Å². The van der Waals surface area contributed by atoms with Gasteiger partial charge in [-0.1, -0.05) is 6.58 Å². The molecule has 0 aromatic heterocycles. The molecule has 0 amide bonds. The third kappa shape index (κ3) is 6.87. The van der Waals surface area contributed by atoms with Gasteiger partial charge in [-0.25, -0.2) is 4.79 Å². The number of carbonyl (C=O) groups is 1. The fourth-order valence-corrected chi connectivity index (χ4v) is 2.75. The van der Waals surface area contributed by atoms with E-state index in [1.807, 2.05) is 0 Å². The van der Waals surface area contributed by atoms with Crippen LogP contribution >= 0.6 is 0 Å². The molecule has 18 heavy (non-hydrogen) atoms. The standard InChI is InChI=1S/C11H22O6Si/c1-5-11(12)17-8-6-7-16-9-10-18(13-2,14-3)15-4/h5H,1,6-10H2,2-4H3. The van der Waals surface area contributed by atoms with Gasteiger partial charge in [-0.3, -0.25) is 0 Å². The normalized spacial score (nSPS) is 11.3. The third-order valence-electron chi connectivity index (χ3n) is 2.33. The lowest BCUT2D eigenvalue weighted by Gasteiger charge is -2.24. The van der Waals surface area contributed by atoms with Crippen LogP contribution in [0.1, 0.15) is 6.42 Å². The van der Waals surface area contributed by atoms with Crippen molar-refractivity contribution in [3.8, 4) is 0 Å². The lowest BCUT2D eigenvalue weighted by molar-refractivity contribution is -0.138. The fraction of sp³-hybridized carbons (Fsp3) is 0.727. The van der Waals surface area contributed by atoms with Crippen LogP contribution in [-0.4, -0.2) is 55.9 Å². The monoisotopic (exact) mass is 278 g/mol. The molecule has 0 aromatic carbocycles. The molecule has 0 radical (unpaired) electrons. The summed E-state index contributed by atoms with van der Waals surface area (Å²) in [6.07, 6.45) is 1.78. The van der Waals surface area contributed by atoms with Gasteiger partial charge in [0.15, 0.2) is 0 Å². The summed E-state index contributed by atoms with van der Waals surface area (Å²) < 4.78 is 25.9. The summed E-state index contributed by atoms with van der Waals surface area (Å²) in [5.74, 6) is -0.417. The number of hydrogen-bond acceptors (Lipinski definition) is 6. The summed E-state index contributed by atoms with van der Waals surface area (Å²) >= 11 is 0. The van der Waals surface area contributed by atoms with Crippen LogP contribution < -0.4 is 0 Å². The second-order valence-corrected chi connectivity index (χ2v) is 6.47. The minimum absolute atomic E-state index is 0.326. The maximum Gasteiger partial charge on any atom is 0.502 e. The average molecular weight is 278 g/mol. The van der Waals surface area contributed by atoms with Crippen LogP contribution in [0.3, 0.4) is 0 Å². The van der Waals surface area contributed by atoms with Crippen molar-refractivity contribution in [1.29, 1.82) is 0 Å². The van der Waals surface area contributed by atoms with Crippen molar-refractivity contribution in [2.24, 2.45) is 0 Å². The molecule has 7 heteroatoms. The average Bonchev–Trinajstić information content (AvgIpc) is 2.42. The molecule has 0 aliphatic rings. The van der Waals surface area contributed by atoms with Crippen LogP contribution in [0.25, 0.3) is 0 Å². The van der Waals surface area contributed by atoms with Gasteiger partial charge in [0.2, 0.25) is 0 Å². The molecular formula is C11H22O6Si. The second-order valence-electron chi connectivity index (χ2n) is 3.38. The quantitative estimate of drug-likeness (QED) is 0.243. The molecule has 0 rings (SSSR count). The van der Waals surface area contributed by atoms with Gasteiger partial charge in [-0.15, -0.1) is 0 Å². The van der Waals surface area contributed by atoms with Gasteiger partial charge in [0.1, 0.15) is 0 Å². The maximum absolute atomic E-state index is 10.7. The third-order valence-corrected chi connectivity index (χ3v) is 5.01. The molecule has 0 bridgehead atoms. The molecule has 0 aliphatic heterocycles. The predicted molar refractivity (Wildman–Crippen MR) is 68.2 cm³/mol. The van der Waals surface area contributed by atoms with E-state index in [9.17, 15) is 4.79 Å². The summed E-state index contributed by atoms with van der Waals surface area (Å²) in [6.45, 7) is 4.62. The zero-order valence-electron chi connectivity index (χ0n) is 11.3. The lowest BCUT2D eigenvalue weighted by atomic mass is 10.5. The number of carbonyl (C=O) groups excluding carboxylic acids is 1. The number of ether oxygens (including phenoxy) is 2. The van der Waals surface area contributed by atoms with E-state index in [1.165, 1.54) is 0 Å². The van der Waals surface area contributed by atoms with Gasteiger partial charge < -0.3 is 22.8 Å². The second kappa shape index (κ2) is 10.2. The number of esters is 1. The van der Waals surface area contributed by atoms with E-state index in [0.29, 0.717) is 32.3 Å². The fourth-order valence-electron chi connectivity index (χ4n) is 1.25. The Hall–Kier alpha value is -0.733. The molecule has 0 fully saturated rings. The van der Waals surface area contributed by atoms with Crippen LogP contribution in [0.4, 0.5) is 0 Å². The molecule has 0 N–H and O–H groups in total. The lowest BCUT2D eigenvalue weighted by Crippen LogP contribution is -2.43. The number of rotatable bonds is 11. The van der Waals surface area contributed by atoms with Gasteiger partial charge in [0.25, 0.3) is 0 Å². The molecule has 0 aliphatic carbocycles. The molecule has 0 saturated carbocycles. The van der Waals surface area contributed by atoms with E-state index in [2.05, 4.69) is 6.58 Å². The Morgan fingerprint density at radius 1 is 1.11 bits per heavy atom. The molecule has 0 unspecified atom stereocenters. The Balaban J connectivity index is 3.55. The minimum atomic E-state index is -2.53. The molecule has 0 saturated heterocycles. The highest BCUT2D eigenvalue weighted by atomic mass is 28.4. The molecule has 106 valence electrons. The van der Waals surface area contributed by atoms with Gasteiger partial charge in [0.05, 0.1) is 13.2 Å². The van der Waals surface area contributed by atoms with Crippen LogP contribution in [0.2, 0.25) is 6.04 Å². The number of hydrogen-bond donors (Lipinski definition) is 0. The summed E-state index contributed by atoms with van der Waals surface area (Å²) in [6, 6.07) is 0.586. The first-order chi connectivity index (χ1) is 8.64. The van der Waals surface area contributed by atoms with E-state index in [4.69, 9.17) is 22.8 Å². The molecule has 0 aromatic rings. The Morgan fingerprint density at radius 3 is 2.22 bits per heavy atom. The first kappa shape index (κ1) is 17.3. The molecule has 0 atom stereocenters. The molecule has 0 spiro atoms. The first-order valence-corrected chi connectivity index (χ1v) is 7.59. The SMILES string of the molecule is C=CC(=O)OCCCOCC[Si](OC)(OC)OC.